The van der Waals surface area contributed by atoms with E-state index in [-0.39, 0.29) is 11.4 Å². The van der Waals surface area contributed by atoms with Gasteiger partial charge < -0.3 is 9.47 Å². The van der Waals surface area contributed by atoms with Crippen molar-refractivity contribution in [2.75, 3.05) is 14.2 Å². The van der Waals surface area contributed by atoms with Gasteiger partial charge in [0.05, 0.1) is 24.4 Å². The fraction of sp³-hybridized carbons (Fsp3) is 0.0714. The first kappa shape index (κ1) is 23.6. The number of fused-ring (bicyclic) bond motifs is 1. The van der Waals surface area contributed by atoms with Crippen LogP contribution in [0.25, 0.3) is 39.4 Å². The Kier molecular flexibility index (Phi) is 5.93. The molecule has 0 N–H and O–H groups in total. The van der Waals surface area contributed by atoms with Gasteiger partial charge >= 0.3 is 0 Å². The van der Waals surface area contributed by atoms with Crippen LogP contribution < -0.4 is 19.6 Å². The van der Waals surface area contributed by atoms with E-state index in [1.54, 1.807) is 49.2 Å². The molecule has 0 saturated heterocycles. The van der Waals surface area contributed by atoms with Gasteiger partial charge in [-0.15, -0.1) is 5.10 Å². The maximum atomic E-state index is 13.6. The molecule has 38 heavy (non-hydrogen) atoms. The third-order valence-corrected chi connectivity index (χ3v) is 6.95. The maximum absolute atomic E-state index is 13.6. The van der Waals surface area contributed by atoms with Crippen LogP contribution in [0.5, 0.6) is 11.5 Å². The summed E-state index contributed by atoms with van der Waals surface area (Å²) in [5.74, 6) is 1.21. The molecule has 0 aliphatic carbocycles. The van der Waals surface area contributed by atoms with E-state index in [0.717, 1.165) is 11.3 Å². The van der Waals surface area contributed by atoms with E-state index in [4.69, 9.17) is 14.6 Å². The molecule has 0 aliphatic rings. The predicted octanol–water partition coefficient (Wildman–Crippen LogP) is 4.37. The summed E-state index contributed by atoms with van der Waals surface area (Å²) in [4.78, 5) is 18.3. The smallest absolute Gasteiger partial charge is 0.291 e. The van der Waals surface area contributed by atoms with E-state index in [1.165, 1.54) is 28.0 Å². The fourth-order valence-electron chi connectivity index (χ4n) is 4.11. The molecule has 0 aliphatic heterocycles. The first-order valence-electron chi connectivity index (χ1n) is 11.6. The number of aromatic nitrogens is 5. The van der Waals surface area contributed by atoms with Crippen molar-refractivity contribution < 1.29 is 13.9 Å². The summed E-state index contributed by atoms with van der Waals surface area (Å²) in [6, 6.07) is 21.1. The van der Waals surface area contributed by atoms with E-state index in [0.29, 0.717) is 43.6 Å². The van der Waals surface area contributed by atoms with Gasteiger partial charge in [-0.1, -0.05) is 29.5 Å². The van der Waals surface area contributed by atoms with Gasteiger partial charge in [0, 0.05) is 22.9 Å². The molecule has 0 saturated carbocycles. The molecule has 8 nitrogen and oxygen atoms in total. The number of rotatable bonds is 6. The summed E-state index contributed by atoms with van der Waals surface area (Å²) < 4.78 is 27.7. The van der Waals surface area contributed by atoms with Crippen molar-refractivity contribution in [2.24, 2.45) is 0 Å². The van der Waals surface area contributed by atoms with Crippen LogP contribution in [0.3, 0.4) is 0 Å². The predicted molar refractivity (Wildman–Crippen MR) is 143 cm³/mol. The Bertz CT molecular complexity index is 1880. The second kappa shape index (κ2) is 9.56. The summed E-state index contributed by atoms with van der Waals surface area (Å²) in [5, 5.41) is 9.18. The first-order chi connectivity index (χ1) is 18.5. The summed E-state index contributed by atoms with van der Waals surface area (Å²) in [5.41, 5.74) is 3.34. The monoisotopic (exact) mass is 525 g/mol. The van der Waals surface area contributed by atoms with E-state index in [1.807, 2.05) is 42.6 Å². The average Bonchev–Trinajstić information content (AvgIpc) is 3.64. The average molecular weight is 526 g/mol. The van der Waals surface area contributed by atoms with Gasteiger partial charge in [-0.3, -0.25) is 4.79 Å². The highest BCUT2D eigenvalue weighted by Crippen LogP contribution is 2.31. The molecule has 6 aromatic rings. The van der Waals surface area contributed by atoms with Crippen LogP contribution in [0.2, 0.25) is 0 Å². The summed E-state index contributed by atoms with van der Waals surface area (Å²) in [6.45, 7) is 0. The fourth-order valence-corrected chi connectivity index (χ4v) is 5.01. The van der Waals surface area contributed by atoms with Gasteiger partial charge in [0.15, 0.2) is 17.3 Å². The first-order valence-corrected chi connectivity index (χ1v) is 12.4. The van der Waals surface area contributed by atoms with Gasteiger partial charge in [0.25, 0.3) is 5.56 Å². The normalized spacial score (nSPS) is 11.8. The number of ether oxygens (including phenoxy) is 2. The SMILES string of the molecule is COc1ccc(-c2nc3sc(=Cc4cn(-c5ccccc5)nc4-c4ccc(F)cc4)c(=O)n3n2)cc1OC. The van der Waals surface area contributed by atoms with Crippen molar-refractivity contribution in [1.29, 1.82) is 0 Å². The number of benzene rings is 3. The van der Waals surface area contributed by atoms with Gasteiger partial charge in [-0.25, -0.2) is 9.07 Å². The molecule has 0 amide bonds. The Labute approximate surface area is 219 Å². The van der Waals surface area contributed by atoms with Crippen molar-refractivity contribution in [3.63, 3.8) is 0 Å². The molecule has 0 unspecified atom stereocenters. The van der Waals surface area contributed by atoms with Crippen LogP contribution in [0.1, 0.15) is 5.56 Å². The zero-order valence-corrected chi connectivity index (χ0v) is 21.1. The number of para-hydroxylation sites is 1. The molecule has 0 bridgehead atoms. The van der Waals surface area contributed by atoms with Gasteiger partial charge in [0.1, 0.15) is 11.5 Å². The minimum absolute atomic E-state index is 0.290. The van der Waals surface area contributed by atoms with Crippen LogP contribution in [0.15, 0.2) is 83.8 Å². The van der Waals surface area contributed by atoms with Crippen molar-refractivity contribution >= 4 is 22.4 Å². The maximum Gasteiger partial charge on any atom is 0.291 e. The van der Waals surface area contributed by atoms with E-state index in [2.05, 4.69) is 10.1 Å². The zero-order chi connectivity index (χ0) is 26.2. The number of hydrogen-bond donors (Lipinski definition) is 0. The lowest BCUT2D eigenvalue weighted by Crippen LogP contribution is -2.23. The van der Waals surface area contributed by atoms with Gasteiger partial charge in [-0.2, -0.15) is 14.6 Å². The Morgan fingerprint density at radius 1 is 0.895 bits per heavy atom. The zero-order valence-electron chi connectivity index (χ0n) is 20.3. The van der Waals surface area contributed by atoms with Crippen molar-refractivity contribution in [1.82, 2.24) is 24.4 Å². The Hall–Kier alpha value is -4.83. The molecule has 3 heterocycles. The minimum atomic E-state index is -0.334. The molecule has 0 atom stereocenters. The second-order valence-corrected chi connectivity index (χ2v) is 9.34. The van der Waals surface area contributed by atoms with Crippen molar-refractivity contribution in [3.8, 4) is 39.8 Å². The van der Waals surface area contributed by atoms with E-state index < -0.39 is 0 Å². The van der Waals surface area contributed by atoms with E-state index >= 15 is 0 Å². The molecular weight excluding hydrogens is 505 g/mol. The van der Waals surface area contributed by atoms with Crippen LogP contribution in [0.4, 0.5) is 4.39 Å². The number of hydrogen-bond acceptors (Lipinski definition) is 7. The molecular formula is C28H20FN5O3S. The van der Waals surface area contributed by atoms with E-state index in [9.17, 15) is 9.18 Å². The molecule has 10 heteroatoms. The van der Waals surface area contributed by atoms with Crippen LogP contribution >= 0.6 is 11.3 Å². The number of thiazole rings is 1. The summed E-state index contributed by atoms with van der Waals surface area (Å²) in [6.07, 6.45) is 3.61. The lowest BCUT2D eigenvalue weighted by molar-refractivity contribution is 0.355. The molecule has 3 aromatic carbocycles. The highest BCUT2D eigenvalue weighted by Gasteiger charge is 2.16. The summed E-state index contributed by atoms with van der Waals surface area (Å²) in [7, 11) is 3.12. The minimum Gasteiger partial charge on any atom is -0.493 e. The van der Waals surface area contributed by atoms with Crippen LogP contribution in [0, 0.1) is 5.82 Å². The van der Waals surface area contributed by atoms with Crippen molar-refractivity contribution in [3.05, 3.63) is 105 Å². The topological polar surface area (TPSA) is 83.5 Å². The van der Waals surface area contributed by atoms with Crippen LogP contribution in [-0.4, -0.2) is 38.6 Å². The lowest BCUT2D eigenvalue weighted by Gasteiger charge is -2.07. The highest BCUT2D eigenvalue weighted by atomic mass is 32.1. The Morgan fingerprint density at radius 3 is 2.34 bits per heavy atom. The summed E-state index contributed by atoms with van der Waals surface area (Å²) >= 11 is 1.23. The van der Waals surface area contributed by atoms with Gasteiger partial charge in [-0.05, 0) is 60.7 Å². The number of nitrogens with zero attached hydrogens (tertiary/aromatic N) is 5. The van der Waals surface area contributed by atoms with Crippen LogP contribution in [-0.2, 0) is 0 Å². The lowest BCUT2D eigenvalue weighted by atomic mass is 10.1. The molecule has 6 rings (SSSR count). The molecule has 0 spiro atoms. The van der Waals surface area contributed by atoms with Gasteiger partial charge in [0.2, 0.25) is 4.96 Å². The Morgan fingerprint density at radius 2 is 1.63 bits per heavy atom. The van der Waals surface area contributed by atoms with Crippen molar-refractivity contribution in [2.45, 2.75) is 0 Å². The number of methoxy groups -OCH3 is 2. The third-order valence-electron chi connectivity index (χ3n) is 5.99. The quantitative estimate of drug-likeness (QED) is 0.321. The molecule has 0 radical (unpaired) electrons. The second-order valence-electron chi connectivity index (χ2n) is 8.34. The molecule has 3 aromatic heterocycles. The largest absolute Gasteiger partial charge is 0.493 e. The molecule has 0 fully saturated rings. The highest BCUT2D eigenvalue weighted by molar-refractivity contribution is 7.15. The third kappa shape index (κ3) is 4.20. The Balaban J connectivity index is 1.45. The molecule has 188 valence electrons. The standard InChI is InChI=1S/C28H20FN5O3S/c1-36-22-13-10-18(14-23(22)37-2)26-30-28-34(32-26)27(35)24(38-28)15-19-16-33(21-6-4-3-5-7-21)31-25(19)17-8-11-20(29)12-9-17/h3-16H,1-2H3. The number of halogens is 1.